The van der Waals surface area contributed by atoms with Crippen molar-refractivity contribution in [3.63, 3.8) is 0 Å². The van der Waals surface area contributed by atoms with Crippen LogP contribution in [0.2, 0.25) is 0 Å². The van der Waals surface area contributed by atoms with Crippen molar-refractivity contribution in [1.82, 2.24) is 15.2 Å². The van der Waals surface area contributed by atoms with Crippen LogP contribution in [0.25, 0.3) is 23.3 Å². The Morgan fingerprint density at radius 1 is 1.17 bits per heavy atom. The standard InChI is InChI=1S/C29H29N3O3/c1-18-7-8-25-21(13-18)20(16-31-25)14-26-28(34)23-15-22(19-5-3-2-4-6-19)27(33)24(29(23)35-26)17-32-11-9-30-10-12-32/h2-8,14-16,18,30-31,33H,9-13,17H2,1H3/b26-14-. The minimum Gasteiger partial charge on any atom is -0.507 e. The van der Waals surface area contributed by atoms with Crippen LogP contribution in [0.4, 0.5) is 0 Å². The molecule has 35 heavy (non-hydrogen) atoms. The summed E-state index contributed by atoms with van der Waals surface area (Å²) in [6.45, 7) is 6.27. The normalized spacial score (nSPS) is 20.7. The number of Topliss-reactive ketones (excluding diaryl/α,β-unsaturated/α-hetero) is 1. The number of hydrogen-bond donors (Lipinski definition) is 3. The lowest BCUT2D eigenvalue weighted by atomic mass is 9.92. The molecule has 1 aromatic heterocycles. The highest BCUT2D eigenvalue weighted by atomic mass is 16.5. The van der Waals surface area contributed by atoms with E-state index in [1.54, 1.807) is 6.07 Å². The second-order valence-corrected chi connectivity index (χ2v) is 9.64. The Labute approximate surface area is 204 Å². The summed E-state index contributed by atoms with van der Waals surface area (Å²) in [6, 6.07) is 11.5. The molecule has 0 saturated carbocycles. The molecule has 6 heteroatoms. The highest BCUT2D eigenvalue weighted by Gasteiger charge is 2.34. The molecule has 1 saturated heterocycles. The molecular weight excluding hydrogens is 438 g/mol. The Hall–Kier alpha value is -3.61. The number of phenols is 1. The monoisotopic (exact) mass is 467 g/mol. The quantitative estimate of drug-likeness (QED) is 0.489. The molecule has 0 radical (unpaired) electrons. The number of allylic oxidation sites excluding steroid dienone is 2. The Kier molecular flexibility index (Phi) is 5.55. The molecule has 2 aromatic carbocycles. The first-order valence-corrected chi connectivity index (χ1v) is 12.3. The zero-order valence-corrected chi connectivity index (χ0v) is 19.8. The van der Waals surface area contributed by atoms with Crippen molar-refractivity contribution in [2.45, 2.75) is 19.9 Å². The van der Waals surface area contributed by atoms with Gasteiger partial charge < -0.3 is 20.1 Å². The van der Waals surface area contributed by atoms with Gasteiger partial charge in [0.1, 0.15) is 11.5 Å². The molecule has 2 aliphatic heterocycles. The number of hydrogen-bond acceptors (Lipinski definition) is 5. The lowest BCUT2D eigenvalue weighted by Gasteiger charge is -2.28. The number of aromatic hydroxyl groups is 1. The number of nitrogens with zero attached hydrogens (tertiary/aromatic N) is 1. The topological polar surface area (TPSA) is 77.6 Å². The van der Waals surface area contributed by atoms with E-state index < -0.39 is 0 Å². The SMILES string of the molecule is CC1C=Cc2[nH]cc(/C=C3\Oc4c(cc(-c5ccccc5)c(O)c4CN4CCNCC4)C3=O)c2C1. The molecule has 3 aliphatic rings. The summed E-state index contributed by atoms with van der Waals surface area (Å²) in [6.07, 6.45) is 9.00. The van der Waals surface area contributed by atoms with E-state index >= 15 is 0 Å². The fourth-order valence-electron chi connectivity index (χ4n) is 5.24. The van der Waals surface area contributed by atoms with E-state index in [-0.39, 0.29) is 11.5 Å². The van der Waals surface area contributed by atoms with Gasteiger partial charge >= 0.3 is 0 Å². The van der Waals surface area contributed by atoms with Crippen molar-refractivity contribution >= 4 is 17.9 Å². The second kappa shape index (κ2) is 8.87. The van der Waals surface area contributed by atoms with Crippen LogP contribution in [0.3, 0.4) is 0 Å². The first kappa shape index (κ1) is 21.9. The molecule has 6 rings (SSSR count). The van der Waals surface area contributed by atoms with Crippen LogP contribution in [-0.4, -0.2) is 47.0 Å². The molecule has 0 spiro atoms. The molecule has 178 valence electrons. The minimum atomic E-state index is -0.145. The molecular formula is C29H29N3O3. The average molecular weight is 468 g/mol. The number of carbonyl (C=O) groups is 1. The van der Waals surface area contributed by atoms with Gasteiger partial charge in [0.25, 0.3) is 0 Å². The summed E-state index contributed by atoms with van der Waals surface area (Å²) in [5.74, 6) is 1.27. The van der Waals surface area contributed by atoms with Crippen LogP contribution in [0, 0.1) is 5.92 Å². The maximum Gasteiger partial charge on any atom is 0.232 e. The molecule has 3 aromatic rings. The van der Waals surface area contributed by atoms with Crippen LogP contribution >= 0.6 is 0 Å². The van der Waals surface area contributed by atoms with E-state index in [0.717, 1.165) is 49.4 Å². The smallest absolute Gasteiger partial charge is 0.232 e. The third-order valence-electron chi connectivity index (χ3n) is 7.17. The molecule has 1 aliphatic carbocycles. The number of H-pyrrole nitrogens is 1. The number of aromatic nitrogens is 1. The van der Waals surface area contributed by atoms with Crippen LogP contribution < -0.4 is 10.1 Å². The van der Waals surface area contributed by atoms with Gasteiger partial charge in [0.15, 0.2) is 5.76 Å². The van der Waals surface area contributed by atoms with E-state index in [1.165, 1.54) is 5.56 Å². The molecule has 1 unspecified atom stereocenters. The van der Waals surface area contributed by atoms with E-state index in [1.807, 2.05) is 42.6 Å². The maximum atomic E-state index is 13.6. The van der Waals surface area contributed by atoms with Crippen molar-refractivity contribution < 1.29 is 14.6 Å². The summed E-state index contributed by atoms with van der Waals surface area (Å²) in [5.41, 5.74) is 5.98. The van der Waals surface area contributed by atoms with Crippen molar-refractivity contribution in [3.8, 4) is 22.6 Å². The highest BCUT2D eigenvalue weighted by Crippen LogP contribution is 2.46. The van der Waals surface area contributed by atoms with Gasteiger partial charge in [-0.1, -0.05) is 43.3 Å². The number of fused-ring (bicyclic) bond motifs is 2. The lowest BCUT2D eigenvalue weighted by molar-refractivity contribution is 0.101. The van der Waals surface area contributed by atoms with E-state index in [0.29, 0.717) is 40.7 Å². The lowest BCUT2D eigenvalue weighted by Crippen LogP contribution is -2.42. The van der Waals surface area contributed by atoms with Gasteiger partial charge in [-0.25, -0.2) is 0 Å². The third-order valence-corrected chi connectivity index (χ3v) is 7.17. The van der Waals surface area contributed by atoms with Gasteiger partial charge in [0.05, 0.1) is 11.1 Å². The van der Waals surface area contributed by atoms with Crippen molar-refractivity contribution in [2.75, 3.05) is 26.2 Å². The van der Waals surface area contributed by atoms with Gasteiger partial charge in [0, 0.05) is 50.2 Å². The van der Waals surface area contributed by atoms with Gasteiger partial charge in [-0.15, -0.1) is 0 Å². The minimum absolute atomic E-state index is 0.145. The summed E-state index contributed by atoms with van der Waals surface area (Å²) in [7, 11) is 0. The van der Waals surface area contributed by atoms with Gasteiger partial charge in [-0.05, 0) is 47.2 Å². The summed E-state index contributed by atoms with van der Waals surface area (Å²) in [4.78, 5) is 19.2. The van der Waals surface area contributed by atoms with Crippen molar-refractivity contribution in [2.24, 2.45) is 5.92 Å². The van der Waals surface area contributed by atoms with E-state index in [2.05, 4.69) is 34.3 Å². The van der Waals surface area contributed by atoms with Gasteiger partial charge in [-0.3, -0.25) is 9.69 Å². The van der Waals surface area contributed by atoms with Crippen molar-refractivity contribution in [1.29, 1.82) is 0 Å². The Balaban J connectivity index is 1.43. The van der Waals surface area contributed by atoms with Gasteiger partial charge in [0.2, 0.25) is 5.78 Å². The Morgan fingerprint density at radius 3 is 2.77 bits per heavy atom. The van der Waals surface area contributed by atoms with Crippen LogP contribution in [0.15, 0.2) is 54.4 Å². The first-order chi connectivity index (χ1) is 17.1. The van der Waals surface area contributed by atoms with Crippen LogP contribution in [0.1, 0.15) is 39.7 Å². The molecule has 6 nitrogen and oxygen atoms in total. The summed E-state index contributed by atoms with van der Waals surface area (Å²) in [5, 5.41) is 14.8. The fraction of sp³-hybridized carbons (Fsp3) is 0.276. The molecule has 0 bridgehead atoms. The predicted octanol–water partition coefficient (Wildman–Crippen LogP) is 4.61. The number of phenolic OH excluding ortho intramolecular Hbond substituents is 1. The number of aromatic amines is 1. The molecule has 3 N–H and O–H groups in total. The average Bonchev–Trinajstić information content (AvgIpc) is 3.42. The summed E-state index contributed by atoms with van der Waals surface area (Å²) < 4.78 is 6.23. The maximum absolute atomic E-state index is 13.6. The molecule has 1 atom stereocenters. The van der Waals surface area contributed by atoms with E-state index in [9.17, 15) is 9.90 Å². The number of nitrogens with one attached hydrogen (secondary N) is 2. The molecule has 3 heterocycles. The van der Waals surface area contributed by atoms with Crippen LogP contribution in [0.5, 0.6) is 11.5 Å². The summed E-state index contributed by atoms with van der Waals surface area (Å²) >= 11 is 0. The Morgan fingerprint density at radius 2 is 1.97 bits per heavy atom. The number of ketones is 1. The van der Waals surface area contributed by atoms with Crippen molar-refractivity contribution in [3.05, 3.63) is 82.4 Å². The number of benzene rings is 2. The second-order valence-electron chi connectivity index (χ2n) is 9.64. The predicted molar refractivity (Wildman–Crippen MR) is 137 cm³/mol. The zero-order valence-electron chi connectivity index (χ0n) is 19.8. The first-order valence-electron chi connectivity index (χ1n) is 12.3. The number of carbonyl (C=O) groups excluding carboxylic acids is 1. The third kappa shape index (κ3) is 3.99. The highest BCUT2D eigenvalue weighted by molar-refractivity contribution is 6.15. The zero-order chi connectivity index (χ0) is 23.9. The van der Waals surface area contributed by atoms with E-state index in [4.69, 9.17) is 4.74 Å². The van der Waals surface area contributed by atoms with Crippen LogP contribution in [-0.2, 0) is 13.0 Å². The molecule has 0 amide bonds. The Bertz CT molecular complexity index is 1350. The van der Waals surface area contributed by atoms with Gasteiger partial charge in [-0.2, -0.15) is 0 Å². The number of rotatable bonds is 4. The fourth-order valence-corrected chi connectivity index (χ4v) is 5.24. The number of piperazine rings is 1. The molecule has 1 fully saturated rings. The largest absolute Gasteiger partial charge is 0.507 e. The number of ether oxygens (including phenoxy) is 1.